The topological polar surface area (TPSA) is 79.8 Å². The molecule has 6 nitrogen and oxygen atoms in total. The predicted molar refractivity (Wildman–Crippen MR) is 51.3 cm³/mol. The number of aliphatic carboxylic acids is 1. The van der Waals surface area contributed by atoms with E-state index in [9.17, 15) is 13.2 Å². The molecule has 0 radical (unpaired) electrons. The fraction of sp³-hybridized carbons (Fsp3) is 0.875. The number of alkyl halides is 3. The molecule has 0 saturated carbocycles. The lowest BCUT2D eigenvalue weighted by Gasteiger charge is -2.27. The van der Waals surface area contributed by atoms with E-state index in [2.05, 4.69) is 10.8 Å². The number of carbonyl (C=O) groups is 1. The molecule has 0 atom stereocenters. The summed E-state index contributed by atoms with van der Waals surface area (Å²) in [6.45, 7) is 3.28. The largest absolute Gasteiger partial charge is 0.490 e. The Labute approximate surface area is 96.0 Å². The standard InChI is InChI=1S/C6H14N2O2.C2HF3O2/c1-9-2-3-10-8-6-4-7-5-6;3-2(4,5)1(6)7/h6-8H,2-5H2,1H3;(H,6,7). The number of hydrogen-bond donors (Lipinski definition) is 3. The number of methoxy groups -OCH3 is 1. The van der Waals surface area contributed by atoms with Gasteiger partial charge in [-0.25, -0.2) is 4.79 Å². The maximum atomic E-state index is 10.6. The third-order valence-electron chi connectivity index (χ3n) is 1.66. The molecular weight excluding hydrogens is 245 g/mol. The van der Waals surface area contributed by atoms with Crippen LogP contribution in [0, 0.1) is 0 Å². The van der Waals surface area contributed by atoms with Crippen LogP contribution in [0.1, 0.15) is 0 Å². The molecule has 9 heteroatoms. The second-order valence-electron chi connectivity index (χ2n) is 3.12. The Morgan fingerprint density at radius 2 is 2.00 bits per heavy atom. The van der Waals surface area contributed by atoms with Crippen LogP contribution in [0.25, 0.3) is 0 Å². The summed E-state index contributed by atoms with van der Waals surface area (Å²) in [4.78, 5) is 14.0. The van der Waals surface area contributed by atoms with Crippen LogP contribution < -0.4 is 10.8 Å². The lowest BCUT2D eigenvalue weighted by Crippen LogP contribution is -2.55. The summed E-state index contributed by atoms with van der Waals surface area (Å²) in [5.74, 6) is -2.76. The van der Waals surface area contributed by atoms with Gasteiger partial charge in [-0.1, -0.05) is 0 Å². The van der Waals surface area contributed by atoms with E-state index in [-0.39, 0.29) is 0 Å². The van der Waals surface area contributed by atoms with Gasteiger partial charge in [-0.05, 0) is 0 Å². The van der Waals surface area contributed by atoms with Crippen LogP contribution in [0.15, 0.2) is 0 Å². The van der Waals surface area contributed by atoms with E-state index in [0.29, 0.717) is 19.3 Å². The number of carboxylic acid groups (broad SMARTS) is 1. The van der Waals surface area contributed by atoms with E-state index in [4.69, 9.17) is 19.5 Å². The number of nitrogens with one attached hydrogen (secondary N) is 2. The number of carboxylic acids is 1. The molecule has 1 aliphatic heterocycles. The number of rotatable bonds is 5. The van der Waals surface area contributed by atoms with Crippen molar-refractivity contribution in [1.29, 1.82) is 0 Å². The van der Waals surface area contributed by atoms with Gasteiger partial charge in [0.2, 0.25) is 0 Å². The third-order valence-corrected chi connectivity index (χ3v) is 1.66. The van der Waals surface area contributed by atoms with Crippen LogP contribution in [-0.4, -0.2) is 56.7 Å². The van der Waals surface area contributed by atoms with E-state index < -0.39 is 12.1 Å². The lowest BCUT2D eigenvalue weighted by atomic mass is 10.2. The first kappa shape index (κ1) is 16.1. The molecule has 17 heavy (non-hydrogen) atoms. The molecule has 0 bridgehead atoms. The van der Waals surface area contributed by atoms with Crippen molar-refractivity contribution in [3.8, 4) is 0 Å². The molecule has 1 rings (SSSR count). The van der Waals surface area contributed by atoms with Gasteiger partial charge in [-0.15, -0.1) is 0 Å². The van der Waals surface area contributed by atoms with Crippen molar-refractivity contribution in [2.75, 3.05) is 33.4 Å². The Balaban J connectivity index is 0.000000325. The van der Waals surface area contributed by atoms with Gasteiger partial charge in [0.1, 0.15) is 0 Å². The first-order valence-corrected chi connectivity index (χ1v) is 4.75. The van der Waals surface area contributed by atoms with E-state index >= 15 is 0 Å². The maximum absolute atomic E-state index is 10.6. The molecule has 0 aliphatic carbocycles. The fourth-order valence-electron chi connectivity index (χ4n) is 0.674. The van der Waals surface area contributed by atoms with Crippen LogP contribution in [0.4, 0.5) is 13.2 Å². The van der Waals surface area contributed by atoms with E-state index in [1.54, 1.807) is 7.11 Å². The van der Waals surface area contributed by atoms with E-state index in [1.165, 1.54) is 0 Å². The summed E-state index contributed by atoms with van der Waals surface area (Å²) in [7, 11) is 1.66. The first-order chi connectivity index (χ1) is 7.88. The van der Waals surface area contributed by atoms with Crippen LogP contribution >= 0.6 is 0 Å². The minimum atomic E-state index is -5.08. The highest BCUT2D eigenvalue weighted by Gasteiger charge is 2.38. The quantitative estimate of drug-likeness (QED) is 0.467. The van der Waals surface area contributed by atoms with Gasteiger partial charge >= 0.3 is 12.1 Å². The Bertz CT molecular complexity index is 221. The zero-order valence-corrected chi connectivity index (χ0v) is 9.21. The number of halogens is 3. The molecule has 0 unspecified atom stereocenters. The second-order valence-corrected chi connectivity index (χ2v) is 3.12. The van der Waals surface area contributed by atoms with Gasteiger partial charge < -0.3 is 15.2 Å². The zero-order valence-electron chi connectivity index (χ0n) is 9.21. The molecule has 0 spiro atoms. The van der Waals surface area contributed by atoms with Crippen molar-refractivity contribution < 1.29 is 32.6 Å². The first-order valence-electron chi connectivity index (χ1n) is 4.75. The second kappa shape index (κ2) is 8.23. The van der Waals surface area contributed by atoms with Crippen LogP contribution in [-0.2, 0) is 14.4 Å². The van der Waals surface area contributed by atoms with Crippen LogP contribution in [0.2, 0.25) is 0 Å². The average molecular weight is 260 g/mol. The highest BCUT2D eigenvalue weighted by Crippen LogP contribution is 2.13. The molecule has 0 amide bonds. The summed E-state index contributed by atoms with van der Waals surface area (Å²) in [5, 5.41) is 10.3. The highest BCUT2D eigenvalue weighted by molar-refractivity contribution is 5.73. The molecule has 102 valence electrons. The molecule has 0 aromatic carbocycles. The van der Waals surface area contributed by atoms with E-state index in [0.717, 1.165) is 13.1 Å². The molecule has 1 aliphatic rings. The summed E-state index contributed by atoms with van der Waals surface area (Å²) in [6, 6.07) is 0.497. The van der Waals surface area contributed by atoms with Gasteiger partial charge in [0.25, 0.3) is 0 Å². The molecular formula is C8H15F3N2O4. The van der Waals surface area contributed by atoms with Gasteiger partial charge in [0, 0.05) is 20.2 Å². The third kappa shape index (κ3) is 8.86. The molecule has 1 fully saturated rings. The van der Waals surface area contributed by atoms with Crippen molar-refractivity contribution in [3.63, 3.8) is 0 Å². The summed E-state index contributed by atoms with van der Waals surface area (Å²) in [6.07, 6.45) is -5.08. The molecule has 3 N–H and O–H groups in total. The minimum Gasteiger partial charge on any atom is -0.475 e. The number of hydroxylamine groups is 1. The Kier molecular flexibility index (Phi) is 7.79. The maximum Gasteiger partial charge on any atom is 0.490 e. The Hall–Kier alpha value is -0.900. The SMILES string of the molecule is COCCONC1CNC1.O=C(O)C(F)(F)F. The zero-order chi connectivity index (χ0) is 13.3. The average Bonchev–Trinajstić information content (AvgIpc) is 2.14. The number of ether oxygens (including phenoxy) is 1. The summed E-state index contributed by atoms with van der Waals surface area (Å²) < 4.78 is 36.5. The van der Waals surface area contributed by atoms with Gasteiger partial charge in [0.15, 0.2) is 0 Å². The highest BCUT2D eigenvalue weighted by atomic mass is 19.4. The predicted octanol–water partition coefficient (Wildman–Crippen LogP) is -0.241. The molecule has 1 saturated heterocycles. The van der Waals surface area contributed by atoms with Crippen molar-refractivity contribution in [2.24, 2.45) is 0 Å². The van der Waals surface area contributed by atoms with Gasteiger partial charge in [-0.3, -0.25) is 4.84 Å². The minimum absolute atomic E-state index is 0.497. The van der Waals surface area contributed by atoms with Crippen molar-refractivity contribution in [2.45, 2.75) is 12.2 Å². The fourth-order valence-corrected chi connectivity index (χ4v) is 0.674. The molecule has 0 aromatic heterocycles. The lowest BCUT2D eigenvalue weighted by molar-refractivity contribution is -0.192. The Morgan fingerprint density at radius 1 is 1.47 bits per heavy atom. The molecule has 0 aromatic rings. The van der Waals surface area contributed by atoms with Gasteiger partial charge in [0.05, 0.1) is 19.3 Å². The van der Waals surface area contributed by atoms with Gasteiger partial charge in [-0.2, -0.15) is 18.7 Å². The van der Waals surface area contributed by atoms with Crippen LogP contribution in [0.3, 0.4) is 0 Å². The van der Waals surface area contributed by atoms with Crippen LogP contribution in [0.5, 0.6) is 0 Å². The Morgan fingerprint density at radius 3 is 2.29 bits per heavy atom. The van der Waals surface area contributed by atoms with Crippen molar-refractivity contribution >= 4 is 5.97 Å². The van der Waals surface area contributed by atoms with Crippen molar-refractivity contribution in [3.05, 3.63) is 0 Å². The number of hydrogen-bond acceptors (Lipinski definition) is 5. The van der Waals surface area contributed by atoms with Crippen molar-refractivity contribution in [1.82, 2.24) is 10.8 Å². The summed E-state index contributed by atoms with van der Waals surface area (Å²) >= 11 is 0. The molecule has 1 heterocycles. The summed E-state index contributed by atoms with van der Waals surface area (Å²) in [5.41, 5.74) is 2.91. The smallest absolute Gasteiger partial charge is 0.475 e. The monoisotopic (exact) mass is 260 g/mol. The normalized spacial score (nSPS) is 15.8. The van der Waals surface area contributed by atoms with E-state index in [1.807, 2.05) is 0 Å².